The van der Waals surface area contributed by atoms with Gasteiger partial charge in [-0.25, -0.2) is 4.98 Å². The average Bonchev–Trinajstić information content (AvgIpc) is 3.06. The third kappa shape index (κ3) is 4.28. The zero-order chi connectivity index (χ0) is 21.5. The van der Waals surface area contributed by atoms with Crippen LogP contribution < -0.4 is 5.56 Å². The molecule has 3 nitrogen and oxygen atoms in total. The summed E-state index contributed by atoms with van der Waals surface area (Å²) in [5.74, 6) is 1.45. The first-order chi connectivity index (χ1) is 14.2. The van der Waals surface area contributed by atoms with Gasteiger partial charge < -0.3 is 0 Å². The average molecular weight is 439 g/mol. The van der Waals surface area contributed by atoms with E-state index in [2.05, 4.69) is 39.5 Å². The van der Waals surface area contributed by atoms with Crippen LogP contribution in [0, 0.1) is 11.3 Å². The number of hydrogen-bond donors (Lipinski definition) is 0. The molecular weight excluding hydrogens is 408 g/mol. The van der Waals surface area contributed by atoms with Crippen molar-refractivity contribution in [2.75, 3.05) is 0 Å². The number of fused-ring (bicyclic) bond motifs is 3. The minimum Gasteiger partial charge on any atom is -0.283 e. The molecule has 4 rings (SSSR count). The highest BCUT2D eigenvalue weighted by atomic mass is 32.2. The van der Waals surface area contributed by atoms with Crippen molar-refractivity contribution in [3.8, 4) is 0 Å². The number of thioether (sulfide) groups is 1. The number of thiophene rings is 1. The van der Waals surface area contributed by atoms with Crippen molar-refractivity contribution in [2.24, 2.45) is 11.3 Å². The van der Waals surface area contributed by atoms with E-state index < -0.39 is 0 Å². The SMILES string of the molecule is C=C(C)Cn1c(SCc2ccccc2)nc2sc3c(c2c1=O)CC[C@@H](C(C)(C)C)C3. The highest BCUT2D eigenvalue weighted by Gasteiger charge is 2.32. The Kier molecular flexibility index (Phi) is 5.95. The van der Waals surface area contributed by atoms with E-state index in [9.17, 15) is 4.79 Å². The van der Waals surface area contributed by atoms with Crippen LogP contribution in [0.2, 0.25) is 0 Å². The van der Waals surface area contributed by atoms with Crippen molar-refractivity contribution >= 4 is 33.3 Å². The van der Waals surface area contributed by atoms with Crippen LogP contribution in [0.5, 0.6) is 0 Å². The molecule has 0 saturated heterocycles. The maximum absolute atomic E-state index is 13.6. The quantitative estimate of drug-likeness (QED) is 0.260. The second-order valence-electron chi connectivity index (χ2n) is 9.51. The van der Waals surface area contributed by atoms with Gasteiger partial charge in [-0.3, -0.25) is 9.36 Å². The fourth-order valence-corrected chi connectivity index (χ4v) is 6.52. The summed E-state index contributed by atoms with van der Waals surface area (Å²) in [6.45, 7) is 13.5. The van der Waals surface area contributed by atoms with Gasteiger partial charge in [-0.1, -0.05) is 75.0 Å². The number of allylic oxidation sites excluding steroid dienone is 1. The highest BCUT2D eigenvalue weighted by Crippen LogP contribution is 2.42. The number of nitrogens with zero attached hydrogens (tertiary/aromatic N) is 2. The molecule has 3 aromatic rings. The molecular formula is C25H30N2OS2. The minimum atomic E-state index is 0.102. The first-order valence-corrected chi connectivity index (χ1v) is 12.4. The van der Waals surface area contributed by atoms with Gasteiger partial charge in [0.1, 0.15) is 4.83 Å². The van der Waals surface area contributed by atoms with Crippen molar-refractivity contribution in [2.45, 2.75) is 64.4 Å². The Labute approximate surface area is 187 Å². The molecule has 0 radical (unpaired) electrons. The molecule has 30 heavy (non-hydrogen) atoms. The van der Waals surface area contributed by atoms with Crippen LogP contribution in [0.3, 0.4) is 0 Å². The Morgan fingerprint density at radius 2 is 2.03 bits per heavy atom. The number of aryl methyl sites for hydroxylation is 1. The van der Waals surface area contributed by atoms with E-state index in [0.717, 1.165) is 46.0 Å². The van der Waals surface area contributed by atoms with Crippen LogP contribution in [0.15, 0.2) is 52.4 Å². The lowest BCUT2D eigenvalue weighted by Crippen LogP contribution is -2.27. The third-order valence-corrected chi connectivity index (χ3v) is 8.19. The number of hydrogen-bond acceptors (Lipinski definition) is 4. The Morgan fingerprint density at radius 1 is 1.30 bits per heavy atom. The van der Waals surface area contributed by atoms with E-state index in [1.54, 1.807) is 23.1 Å². The lowest BCUT2D eigenvalue weighted by atomic mass is 9.72. The minimum absolute atomic E-state index is 0.102. The van der Waals surface area contributed by atoms with E-state index in [0.29, 0.717) is 12.5 Å². The predicted octanol–water partition coefficient (Wildman–Crippen LogP) is 6.48. The third-order valence-electron chi connectivity index (χ3n) is 6.00. The predicted molar refractivity (Wildman–Crippen MR) is 130 cm³/mol. The summed E-state index contributed by atoms with van der Waals surface area (Å²) in [6, 6.07) is 10.3. The Hall–Kier alpha value is -1.85. The van der Waals surface area contributed by atoms with Gasteiger partial charge in [0.15, 0.2) is 5.16 Å². The maximum Gasteiger partial charge on any atom is 0.263 e. The number of rotatable bonds is 5. The van der Waals surface area contributed by atoms with Gasteiger partial charge in [-0.2, -0.15) is 0 Å². The molecule has 5 heteroatoms. The molecule has 1 aromatic carbocycles. The van der Waals surface area contributed by atoms with E-state index >= 15 is 0 Å². The number of benzene rings is 1. The smallest absolute Gasteiger partial charge is 0.263 e. The van der Waals surface area contributed by atoms with Crippen LogP contribution >= 0.6 is 23.1 Å². The topological polar surface area (TPSA) is 34.9 Å². The van der Waals surface area contributed by atoms with Gasteiger partial charge in [-0.05, 0) is 48.6 Å². The summed E-state index contributed by atoms with van der Waals surface area (Å²) in [5, 5.41) is 1.65. The molecule has 158 valence electrons. The fraction of sp³-hybridized carbons (Fsp3) is 0.440. The van der Waals surface area contributed by atoms with Gasteiger partial charge in [0.2, 0.25) is 0 Å². The first-order valence-electron chi connectivity index (χ1n) is 10.6. The number of aromatic nitrogens is 2. The van der Waals surface area contributed by atoms with E-state index in [4.69, 9.17) is 4.98 Å². The van der Waals surface area contributed by atoms with Crippen molar-refractivity contribution in [1.82, 2.24) is 9.55 Å². The van der Waals surface area contributed by atoms with Gasteiger partial charge in [-0.15, -0.1) is 11.3 Å². The zero-order valence-electron chi connectivity index (χ0n) is 18.3. The molecule has 0 unspecified atom stereocenters. The molecule has 0 amide bonds. The summed E-state index contributed by atoms with van der Waals surface area (Å²) in [4.78, 5) is 20.9. The summed E-state index contributed by atoms with van der Waals surface area (Å²) in [7, 11) is 0. The Morgan fingerprint density at radius 3 is 2.70 bits per heavy atom. The van der Waals surface area contributed by atoms with Crippen LogP contribution in [0.4, 0.5) is 0 Å². The lowest BCUT2D eigenvalue weighted by molar-refractivity contribution is 0.218. The summed E-state index contributed by atoms with van der Waals surface area (Å²) in [6.07, 6.45) is 3.19. The summed E-state index contributed by atoms with van der Waals surface area (Å²) < 4.78 is 1.83. The molecule has 2 aromatic heterocycles. The Balaban J connectivity index is 1.76. The van der Waals surface area contributed by atoms with Crippen LogP contribution in [-0.2, 0) is 25.1 Å². The second kappa shape index (κ2) is 8.35. The van der Waals surface area contributed by atoms with Crippen molar-refractivity contribution in [1.29, 1.82) is 0 Å². The van der Waals surface area contributed by atoms with E-state index in [1.165, 1.54) is 16.0 Å². The molecule has 0 bridgehead atoms. The zero-order valence-corrected chi connectivity index (χ0v) is 20.0. The Bertz CT molecular complexity index is 1140. The molecule has 0 aliphatic heterocycles. The molecule has 1 aliphatic carbocycles. The van der Waals surface area contributed by atoms with Crippen LogP contribution in [0.1, 0.15) is 50.1 Å². The molecule has 0 spiro atoms. The van der Waals surface area contributed by atoms with Crippen molar-refractivity contribution in [3.63, 3.8) is 0 Å². The van der Waals surface area contributed by atoms with E-state index in [1.807, 2.05) is 29.7 Å². The van der Waals surface area contributed by atoms with Gasteiger partial charge in [0, 0.05) is 17.2 Å². The molecule has 0 N–H and O–H groups in total. The highest BCUT2D eigenvalue weighted by molar-refractivity contribution is 7.98. The van der Waals surface area contributed by atoms with Crippen LogP contribution in [0.25, 0.3) is 10.2 Å². The van der Waals surface area contributed by atoms with Gasteiger partial charge >= 0.3 is 0 Å². The normalized spacial score (nSPS) is 16.6. The molecule has 0 saturated carbocycles. The second-order valence-corrected chi connectivity index (χ2v) is 11.5. The molecule has 0 fully saturated rings. The monoisotopic (exact) mass is 438 g/mol. The molecule has 1 aliphatic rings. The van der Waals surface area contributed by atoms with Crippen LogP contribution in [-0.4, -0.2) is 9.55 Å². The lowest BCUT2D eigenvalue weighted by Gasteiger charge is -2.33. The van der Waals surface area contributed by atoms with Gasteiger partial charge in [0.25, 0.3) is 5.56 Å². The van der Waals surface area contributed by atoms with Gasteiger partial charge in [0.05, 0.1) is 5.39 Å². The standard InChI is InChI=1S/C25H30N2OS2/c1-16(2)14-27-23(28)21-19-12-11-18(25(3,4)5)13-20(19)30-22(21)26-24(27)29-15-17-9-7-6-8-10-17/h6-10,18H,1,11-15H2,2-5H3/t18-/m1/s1. The largest absolute Gasteiger partial charge is 0.283 e. The summed E-state index contributed by atoms with van der Waals surface area (Å²) in [5.41, 5.74) is 3.85. The molecule has 2 heterocycles. The van der Waals surface area contributed by atoms with E-state index in [-0.39, 0.29) is 11.0 Å². The molecule has 1 atom stereocenters. The van der Waals surface area contributed by atoms with Crippen molar-refractivity contribution in [3.05, 3.63) is 68.8 Å². The summed E-state index contributed by atoms with van der Waals surface area (Å²) >= 11 is 3.38. The first kappa shape index (κ1) is 21.4. The van der Waals surface area contributed by atoms with Crippen molar-refractivity contribution < 1.29 is 0 Å². The maximum atomic E-state index is 13.6. The fourth-order valence-electron chi connectivity index (χ4n) is 4.22.